The fraction of sp³-hybridized carbons (Fsp3) is 1.00. The number of hydrogen-bond acceptors (Lipinski definition) is 2. The summed E-state index contributed by atoms with van der Waals surface area (Å²) in [5, 5.41) is 0.513. The van der Waals surface area contributed by atoms with Gasteiger partial charge in [-0.05, 0) is 29.9 Å². The van der Waals surface area contributed by atoms with E-state index in [2.05, 4.69) is 64.3 Å². The highest BCUT2D eigenvalue weighted by atomic mass is 32.2. The van der Waals surface area contributed by atoms with Crippen molar-refractivity contribution >= 4 is 31.6 Å². The molecule has 1 heterocycles. The summed E-state index contributed by atoms with van der Waals surface area (Å²) in [6.07, 6.45) is 1.40. The zero-order valence-corrected chi connectivity index (χ0v) is 13.1. The van der Waals surface area contributed by atoms with Crippen LogP contribution in [-0.4, -0.2) is 23.3 Å². The number of hydrogen-bond donors (Lipinski definition) is 0. The van der Waals surface area contributed by atoms with E-state index in [0.717, 1.165) is 0 Å². The van der Waals surface area contributed by atoms with Gasteiger partial charge in [0, 0.05) is 0 Å². The van der Waals surface area contributed by atoms with Gasteiger partial charge >= 0.3 is 0 Å². The molecular formula is C11H24S2Si. The van der Waals surface area contributed by atoms with Gasteiger partial charge in [-0.15, -0.1) is 23.5 Å². The molecule has 0 nitrogen and oxygen atoms in total. The van der Waals surface area contributed by atoms with Gasteiger partial charge < -0.3 is 0 Å². The molecule has 1 aliphatic heterocycles. The van der Waals surface area contributed by atoms with Crippen molar-refractivity contribution in [1.29, 1.82) is 0 Å². The van der Waals surface area contributed by atoms with Gasteiger partial charge in [-0.25, -0.2) is 0 Å². The molecule has 0 aliphatic carbocycles. The molecule has 1 fully saturated rings. The third-order valence-electron chi connectivity index (χ3n) is 4.05. The molecule has 0 unspecified atom stereocenters. The van der Waals surface area contributed by atoms with Gasteiger partial charge in [0.2, 0.25) is 0 Å². The average Bonchev–Trinajstić information content (AvgIpc) is 2.03. The Morgan fingerprint density at radius 2 is 1.50 bits per heavy atom. The SMILES string of the molecule is CC(C)(C)[Si](C)(C)C1(C)SCCCS1. The maximum absolute atomic E-state index is 2.57. The van der Waals surface area contributed by atoms with E-state index < -0.39 is 8.07 Å². The molecule has 0 bridgehead atoms. The van der Waals surface area contributed by atoms with Gasteiger partial charge in [0.05, 0.1) is 11.8 Å². The largest absolute Gasteiger partial charge is 0.148 e. The Hall–Kier alpha value is 0.917. The predicted molar refractivity (Wildman–Crippen MR) is 75.1 cm³/mol. The zero-order valence-electron chi connectivity index (χ0n) is 10.4. The smallest absolute Gasteiger partial charge is 0.0831 e. The van der Waals surface area contributed by atoms with Crippen molar-refractivity contribution in [2.75, 3.05) is 11.5 Å². The van der Waals surface area contributed by atoms with E-state index in [4.69, 9.17) is 0 Å². The summed E-state index contributed by atoms with van der Waals surface area (Å²) in [6, 6.07) is 0. The van der Waals surface area contributed by atoms with Crippen LogP contribution in [-0.2, 0) is 0 Å². The fourth-order valence-corrected chi connectivity index (χ4v) is 10.7. The summed E-state index contributed by atoms with van der Waals surface area (Å²) in [5.74, 6) is 2.74. The van der Waals surface area contributed by atoms with E-state index in [1.54, 1.807) is 0 Å². The Bertz CT molecular complexity index is 200. The molecule has 0 amide bonds. The normalized spacial score (nSPS) is 23.6. The molecule has 0 aromatic carbocycles. The van der Waals surface area contributed by atoms with Crippen molar-refractivity contribution < 1.29 is 0 Å². The van der Waals surface area contributed by atoms with Crippen molar-refractivity contribution in [3.8, 4) is 0 Å². The molecular weight excluding hydrogens is 224 g/mol. The lowest BCUT2D eigenvalue weighted by atomic mass is 10.2. The van der Waals surface area contributed by atoms with Crippen molar-refractivity contribution in [3.05, 3.63) is 0 Å². The minimum absolute atomic E-state index is 0.513. The minimum atomic E-state index is -1.20. The minimum Gasteiger partial charge on any atom is -0.148 e. The first-order valence-electron chi connectivity index (χ1n) is 5.49. The highest BCUT2D eigenvalue weighted by Gasteiger charge is 2.51. The second-order valence-electron chi connectivity index (χ2n) is 5.87. The second kappa shape index (κ2) is 4.06. The molecule has 0 aromatic heterocycles. The molecule has 0 radical (unpaired) electrons. The molecule has 1 saturated heterocycles. The van der Waals surface area contributed by atoms with Crippen LogP contribution in [0.25, 0.3) is 0 Å². The summed E-state index contributed by atoms with van der Waals surface area (Å²) in [4.78, 5) is 0. The van der Waals surface area contributed by atoms with Gasteiger partial charge in [-0.3, -0.25) is 0 Å². The second-order valence-corrected chi connectivity index (χ2v) is 15.6. The van der Waals surface area contributed by atoms with Crippen molar-refractivity contribution in [3.63, 3.8) is 0 Å². The Balaban J connectivity index is 2.89. The van der Waals surface area contributed by atoms with Crippen LogP contribution in [0.15, 0.2) is 0 Å². The molecule has 0 spiro atoms. The first-order valence-corrected chi connectivity index (χ1v) is 10.5. The molecule has 84 valence electrons. The van der Waals surface area contributed by atoms with Crippen LogP contribution in [0.3, 0.4) is 0 Å². The van der Waals surface area contributed by atoms with E-state index in [9.17, 15) is 0 Å². The van der Waals surface area contributed by atoms with E-state index >= 15 is 0 Å². The maximum Gasteiger partial charge on any atom is 0.0831 e. The van der Waals surface area contributed by atoms with Crippen LogP contribution in [0.5, 0.6) is 0 Å². The van der Waals surface area contributed by atoms with Crippen molar-refractivity contribution in [2.24, 2.45) is 0 Å². The lowest BCUT2D eigenvalue weighted by Gasteiger charge is -2.51. The van der Waals surface area contributed by atoms with E-state index in [-0.39, 0.29) is 0 Å². The standard InChI is InChI=1S/C11H24S2Si/c1-10(2,3)14(5,6)11(4)12-8-7-9-13-11/h7-9H2,1-6H3. The van der Waals surface area contributed by atoms with Crippen LogP contribution in [0.2, 0.25) is 18.1 Å². The van der Waals surface area contributed by atoms with Crippen molar-refractivity contribution in [1.82, 2.24) is 0 Å². The maximum atomic E-state index is 2.57. The van der Waals surface area contributed by atoms with E-state index in [1.807, 2.05) is 0 Å². The predicted octanol–water partition coefficient (Wildman–Crippen LogP) is 4.62. The number of rotatable bonds is 1. The molecule has 14 heavy (non-hydrogen) atoms. The Morgan fingerprint density at radius 3 is 1.86 bits per heavy atom. The van der Waals surface area contributed by atoms with Crippen LogP contribution in [0.4, 0.5) is 0 Å². The van der Waals surface area contributed by atoms with Gasteiger partial charge in [0.25, 0.3) is 0 Å². The lowest BCUT2D eigenvalue weighted by Crippen LogP contribution is -2.55. The van der Waals surface area contributed by atoms with Crippen molar-refractivity contribution in [2.45, 2.75) is 56.0 Å². The fourth-order valence-electron chi connectivity index (χ4n) is 1.68. The highest BCUT2D eigenvalue weighted by Crippen LogP contribution is 2.55. The van der Waals surface area contributed by atoms with Gasteiger partial charge in [0.15, 0.2) is 0 Å². The van der Waals surface area contributed by atoms with Crippen LogP contribution in [0, 0.1) is 0 Å². The molecule has 0 aromatic rings. The topological polar surface area (TPSA) is 0 Å². The first-order chi connectivity index (χ1) is 6.21. The number of thioether (sulfide) groups is 2. The highest BCUT2D eigenvalue weighted by molar-refractivity contribution is 8.21. The molecule has 1 rings (SSSR count). The van der Waals surface area contributed by atoms with Crippen LogP contribution >= 0.6 is 23.5 Å². The molecule has 0 saturated carbocycles. The monoisotopic (exact) mass is 248 g/mol. The van der Waals surface area contributed by atoms with Gasteiger partial charge in [-0.2, -0.15) is 0 Å². The summed E-state index contributed by atoms with van der Waals surface area (Å²) in [5.41, 5.74) is 0. The Labute approximate surface area is 99.0 Å². The van der Waals surface area contributed by atoms with E-state index in [0.29, 0.717) is 8.74 Å². The first kappa shape index (κ1) is 13.0. The third-order valence-corrected chi connectivity index (χ3v) is 16.8. The molecule has 1 aliphatic rings. The van der Waals surface area contributed by atoms with Crippen LogP contribution < -0.4 is 0 Å². The summed E-state index contributed by atoms with van der Waals surface area (Å²) < 4.78 is 0.531. The Morgan fingerprint density at radius 1 is 1.07 bits per heavy atom. The summed E-state index contributed by atoms with van der Waals surface area (Å²) in [6.45, 7) is 14.9. The van der Waals surface area contributed by atoms with E-state index in [1.165, 1.54) is 17.9 Å². The van der Waals surface area contributed by atoms with Crippen LogP contribution in [0.1, 0.15) is 34.1 Å². The third kappa shape index (κ3) is 2.19. The van der Waals surface area contributed by atoms with Gasteiger partial charge in [-0.1, -0.05) is 33.9 Å². The quantitative estimate of drug-likeness (QED) is 0.621. The average molecular weight is 249 g/mol. The molecule has 3 heteroatoms. The lowest BCUT2D eigenvalue weighted by molar-refractivity contribution is 0.707. The summed E-state index contributed by atoms with van der Waals surface area (Å²) in [7, 11) is -1.20. The zero-order chi connectivity index (χ0) is 11.0. The summed E-state index contributed by atoms with van der Waals surface area (Å²) >= 11 is 4.45. The Kier molecular flexibility index (Phi) is 3.76. The molecule has 0 atom stereocenters. The van der Waals surface area contributed by atoms with Gasteiger partial charge in [0.1, 0.15) is 0 Å². The molecule has 0 N–H and O–H groups in total.